The highest BCUT2D eigenvalue weighted by Gasteiger charge is 2.31. The first-order valence-electron chi connectivity index (χ1n) is 6.22. The summed E-state index contributed by atoms with van der Waals surface area (Å²) in [6, 6.07) is 10.3. The van der Waals surface area contributed by atoms with E-state index in [1.807, 2.05) is 35.5 Å². The fourth-order valence-electron chi connectivity index (χ4n) is 2.51. The molecule has 2 aromatic rings. The monoisotopic (exact) mass is 260 g/mol. The summed E-state index contributed by atoms with van der Waals surface area (Å²) in [5.74, 6) is 1.11. The summed E-state index contributed by atoms with van der Waals surface area (Å²) >= 11 is 1.83. The Hall–Kier alpha value is -1.26. The predicted octanol–water partition coefficient (Wildman–Crippen LogP) is 2.83. The lowest BCUT2D eigenvalue weighted by atomic mass is 9.93. The average Bonchev–Trinajstić information content (AvgIpc) is 3.04. The third kappa shape index (κ3) is 1.85. The van der Waals surface area contributed by atoms with Crippen molar-refractivity contribution in [3.8, 4) is 0 Å². The van der Waals surface area contributed by atoms with Crippen molar-refractivity contribution in [2.75, 3.05) is 5.75 Å². The van der Waals surface area contributed by atoms with Crippen LogP contribution in [-0.4, -0.2) is 20.6 Å². The van der Waals surface area contributed by atoms with E-state index in [1.165, 1.54) is 10.5 Å². The van der Waals surface area contributed by atoms with E-state index in [4.69, 9.17) is 0 Å². The van der Waals surface area contributed by atoms with E-state index in [0.29, 0.717) is 0 Å². The number of hydrogen-bond acceptors (Lipinski definition) is 3. The molecular weight excluding hydrogens is 244 g/mol. The smallest absolute Gasteiger partial charge is 0.103 e. The molecule has 0 aliphatic carbocycles. The van der Waals surface area contributed by atoms with E-state index in [-0.39, 0.29) is 5.92 Å². The number of aromatic nitrogens is 2. The van der Waals surface area contributed by atoms with Gasteiger partial charge in [-0.3, -0.25) is 4.68 Å². The Balaban J connectivity index is 1.93. The molecule has 0 spiro atoms. The minimum absolute atomic E-state index is 0.174. The summed E-state index contributed by atoms with van der Waals surface area (Å²) in [4.78, 5) is 1.30. The van der Waals surface area contributed by atoms with E-state index < -0.39 is 6.10 Å². The van der Waals surface area contributed by atoms with Crippen LogP contribution in [0.15, 0.2) is 41.4 Å². The highest BCUT2D eigenvalue weighted by Crippen LogP contribution is 2.45. The van der Waals surface area contributed by atoms with E-state index >= 15 is 0 Å². The Morgan fingerprint density at radius 1 is 1.44 bits per heavy atom. The van der Waals surface area contributed by atoms with Crippen molar-refractivity contribution in [2.24, 2.45) is 0 Å². The Kier molecular flexibility index (Phi) is 3.14. The lowest BCUT2D eigenvalue weighted by molar-refractivity contribution is 0.143. The van der Waals surface area contributed by atoms with Gasteiger partial charge in [-0.15, -0.1) is 11.8 Å². The summed E-state index contributed by atoms with van der Waals surface area (Å²) in [7, 11) is 0. The third-order valence-corrected chi connectivity index (χ3v) is 4.68. The van der Waals surface area contributed by atoms with Gasteiger partial charge in [0.15, 0.2) is 0 Å². The molecule has 0 bridgehead atoms. The quantitative estimate of drug-likeness (QED) is 0.922. The molecule has 0 saturated carbocycles. The molecule has 18 heavy (non-hydrogen) atoms. The first kappa shape index (κ1) is 11.8. The zero-order valence-corrected chi connectivity index (χ0v) is 11.1. The molecule has 2 heterocycles. The number of rotatable bonds is 3. The molecule has 0 saturated heterocycles. The van der Waals surface area contributed by atoms with Crippen molar-refractivity contribution in [1.29, 1.82) is 0 Å². The molecule has 1 aromatic carbocycles. The number of aryl methyl sites for hydroxylation is 1. The Bertz CT molecular complexity index is 552. The zero-order chi connectivity index (χ0) is 12.5. The summed E-state index contributed by atoms with van der Waals surface area (Å²) in [5.41, 5.74) is 2.18. The largest absolute Gasteiger partial charge is 0.386 e. The van der Waals surface area contributed by atoms with Gasteiger partial charge in [-0.25, -0.2) is 0 Å². The van der Waals surface area contributed by atoms with Crippen LogP contribution in [0, 0.1) is 0 Å². The number of benzene rings is 1. The van der Waals surface area contributed by atoms with E-state index in [1.54, 1.807) is 6.20 Å². The molecule has 1 aliphatic heterocycles. The lowest BCUT2D eigenvalue weighted by Crippen LogP contribution is -2.15. The van der Waals surface area contributed by atoms with Gasteiger partial charge in [0.1, 0.15) is 6.10 Å². The van der Waals surface area contributed by atoms with Crippen LogP contribution in [0.4, 0.5) is 0 Å². The second-order valence-electron chi connectivity index (χ2n) is 4.47. The topological polar surface area (TPSA) is 38.0 Å². The first-order valence-corrected chi connectivity index (χ1v) is 7.21. The van der Waals surface area contributed by atoms with Crippen LogP contribution in [0.1, 0.15) is 30.2 Å². The maximum atomic E-state index is 10.6. The minimum atomic E-state index is -0.469. The first-order chi connectivity index (χ1) is 8.81. The SMILES string of the molecule is CCn1nccc1C(O)C1CSc2ccccc21. The number of fused-ring (bicyclic) bond motifs is 1. The summed E-state index contributed by atoms with van der Waals surface area (Å²) in [6.45, 7) is 2.83. The number of aliphatic hydroxyl groups excluding tert-OH is 1. The van der Waals surface area contributed by atoms with Crippen LogP contribution in [0.2, 0.25) is 0 Å². The second kappa shape index (κ2) is 4.78. The summed E-state index contributed by atoms with van der Waals surface area (Å²) in [6.07, 6.45) is 1.29. The molecule has 2 atom stereocenters. The number of hydrogen-bond donors (Lipinski definition) is 1. The summed E-state index contributed by atoms with van der Waals surface area (Å²) < 4.78 is 1.87. The van der Waals surface area contributed by atoms with Gasteiger partial charge in [0.2, 0.25) is 0 Å². The molecular formula is C14H16N2OS. The van der Waals surface area contributed by atoms with Crippen molar-refractivity contribution in [1.82, 2.24) is 9.78 Å². The Morgan fingerprint density at radius 2 is 2.28 bits per heavy atom. The van der Waals surface area contributed by atoms with Gasteiger partial charge in [0, 0.05) is 29.3 Å². The van der Waals surface area contributed by atoms with E-state index in [0.717, 1.165) is 18.0 Å². The van der Waals surface area contributed by atoms with Crippen LogP contribution in [0.25, 0.3) is 0 Å². The van der Waals surface area contributed by atoms with Gasteiger partial charge in [-0.05, 0) is 24.6 Å². The van der Waals surface area contributed by atoms with Gasteiger partial charge in [-0.1, -0.05) is 18.2 Å². The molecule has 3 rings (SSSR count). The average molecular weight is 260 g/mol. The lowest BCUT2D eigenvalue weighted by Gasteiger charge is -2.19. The van der Waals surface area contributed by atoms with Gasteiger partial charge >= 0.3 is 0 Å². The molecule has 1 aliphatic rings. The Morgan fingerprint density at radius 3 is 3.11 bits per heavy atom. The van der Waals surface area contributed by atoms with E-state index in [9.17, 15) is 5.11 Å². The standard InChI is InChI=1S/C14H16N2OS/c1-2-16-12(7-8-15-16)14(17)11-9-18-13-6-4-3-5-10(11)13/h3-8,11,14,17H,2,9H2,1H3. The molecule has 2 unspecified atom stereocenters. The van der Waals surface area contributed by atoms with Crippen LogP contribution in [0.5, 0.6) is 0 Å². The fourth-order valence-corrected chi connectivity index (χ4v) is 3.80. The normalized spacial score (nSPS) is 19.8. The molecule has 0 fully saturated rings. The van der Waals surface area contributed by atoms with Gasteiger partial charge in [0.05, 0.1) is 5.69 Å². The minimum Gasteiger partial charge on any atom is -0.386 e. The van der Waals surface area contributed by atoms with Crippen LogP contribution in [-0.2, 0) is 6.54 Å². The zero-order valence-electron chi connectivity index (χ0n) is 10.3. The number of aliphatic hydroxyl groups is 1. The summed E-state index contributed by atoms with van der Waals surface area (Å²) in [5, 5.41) is 14.8. The molecule has 0 radical (unpaired) electrons. The fraction of sp³-hybridized carbons (Fsp3) is 0.357. The molecule has 1 N–H and O–H groups in total. The van der Waals surface area contributed by atoms with Gasteiger partial charge in [-0.2, -0.15) is 5.10 Å². The second-order valence-corrected chi connectivity index (χ2v) is 5.53. The molecule has 0 amide bonds. The van der Waals surface area contributed by atoms with Gasteiger partial charge < -0.3 is 5.11 Å². The van der Waals surface area contributed by atoms with Crippen LogP contribution < -0.4 is 0 Å². The predicted molar refractivity (Wildman–Crippen MR) is 72.8 cm³/mol. The maximum Gasteiger partial charge on any atom is 0.103 e. The molecule has 4 heteroatoms. The van der Waals surface area contributed by atoms with Gasteiger partial charge in [0.25, 0.3) is 0 Å². The van der Waals surface area contributed by atoms with Crippen molar-refractivity contribution in [3.63, 3.8) is 0 Å². The maximum absolute atomic E-state index is 10.6. The third-order valence-electron chi connectivity index (χ3n) is 3.47. The van der Waals surface area contributed by atoms with Crippen LogP contribution >= 0.6 is 11.8 Å². The molecule has 1 aromatic heterocycles. The Labute approximate surface area is 111 Å². The van der Waals surface area contributed by atoms with Crippen molar-refractivity contribution in [2.45, 2.75) is 30.4 Å². The molecule has 94 valence electrons. The number of nitrogens with zero attached hydrogens (tertiary/aromatic N) is 2. The highest BCUT2D eigenvalue weighted by molar-refractivity contribution is 7.99. The van der Waals surface area contributed by atoms with Crippen molar-refractivity contribution >= 4 is 11.8 Å². The van der Waals surface area contributed by atoms with Crippen molar-refractivity contribution < 1.29 is 5.11 Å². The molecule has 3 nitrogen and oxygen atoms in total. The van der Waals surface area contributed by atoms with E-state index in [2.05, 4.69) is 23.3 Å². The number of thioether (sulfide) groups is 1. The van der Waals surface area contributed by atoms with Crippen LogP contribution in [0.3, 0.4) is 0 Å². The van der Waals surface area contributed by atoms with Crippen molar-refractivity contribution in [3.05, 3.63) is 47.8 Å². The highest BCUT2D eigenvalue weighted by atomic mass is 32.2.